The van der Waals surface area contributed by atoms with Crippen molar-refractivity contribution in [3.05, 3.63) is 243 Å². The van der Waals surface area contributed by atoms with Crippen molar-refractivity contribution in [1.29, 1.82) is 0 Å². The normalized spacial score (nSPS) is 10.7. The zero-order chi connectivity index (χ0) is 94.8. The van der Waals surface area contributed by atoms with E-state index in [1.165, 1.54) is 105 Å². The van der Waals surface area contributed by atoms with E-state index in [1.807, 2.05) is 72.7 Å². The predicted octanol–water partition coefficient (Wildman–Crippen LogP) is 16.0. The molecule has 674 valence electrons. The lowest BCUT2D eigenvalue weighted by atomic mass is 9.89. The Morgan fingerprint density at radius 3 is 1.02 bits per heavy atom. The Hall–Kier alpha value is -14.9. The summed E-state index contributed by atoms with van der Waals surface area (Å²) >= 11 is 14.7. The van der Waals surface area contributed by atoms with Crippen LogP contribution >= 0.6 is 39.1 Å². The summed E-state index contributed by atoms with van der Waals surface area (Å²) in [6.45, 7) is 21.3. The van der Waals surface area contributed by atoms with Gasteiger partial charge >= 0.3 is 5.97 Å². The van der Waals surface area contributed by atoms with Crippen LogP contribution in [0.5, 0.6) is 0 Å². The molecule has 7 aromatic heterocycles. The van der Waals surface area contributed by atoms with Gasteiger partial charge in [-0.05, 0) is 108 Å². The highest BCUT2D eigenvalue weighted by Crippen LogP contribution is 2.31. The number of nitro groups is 4. The number of rotatable bonds is 30. The summed E-state index contributed by atoms with van der Waals surface area (Å²) in [6, 6.07) is 35.9. The minimum Gasteiger partial charge on any atom is -0.460 e. The standard InChI is InChI=1S/C14H15N3O4.C13H11N3O6.C12H12N2O2.C12H20N2O2.C11H8BrN3O4.C11H8ClN3O4.C11H9ClN2O2/c1-14(2,3)11(18)8-12-15-13(16-21-12)9-4-6-10(7-5-9)17(19)20;1-2-21-13(18)10(17)7-11-14-12(15-22-11)8-3-5-9(6-4-8)16(19)20;1-8-3-5-10(6-4-8)12-13-11(16-14-12)7-9(2)15;1-5-6-7-10-13-11(16-14-10)8-9(15)12(2,3)4;12-6-9(16)5-10-13-11(14-19-10)7-1-3-8(4-2-7)15(17)18;1-6(16)4-10-13-11(14-19-10)8-3-2-7(15(17)18)5-9(8)12;1-7(15)6-10-13-11(14-16-10)8-2-4-9(12)5-3-8/h4-7H,8H2,1-3H3;3-6H,2,7H2,1H3;3-6H,7H2,1-2H3;5-8H2,1-4H3;1-4H,5-6H2;2-3,5H,4H2,1H3;2-5H,6H2,1H3. The summed E-state index contributed by atoms with van der Waals surface area (Å²) in [5, 5.41) is 69.6. The molecule has 0 aliphatic carbocycles. The maximum absolute atomic E-state index is 11.9. The second kappa shape index (κ2) is 48.6. The molecule has 0 fully saturated rings. The lowest BCUT2D eigenvalue weighted by Crippen LogP contribution is -2.22. The van der Waals surface area contributed by atoms with Crippen LogP contribution in [-0.4, -0.2) is 149 Å². The van der Waals surface area contributed by atoms with E-state index in [4.69, 9.17) is 54.9 Å². The van der Waals surface area contributed by atoms with Gasteiger partial charge in [-0.25, -0.2) is 4.79 Å². The minimum atomic E-state index is -0.961. The number of hydrogen-bond donors (Lipinski definition) is 0. The average molecular weight is 1880 g/mol. The Labute approximate surface area is 750 Å². The Kier molecular flexibility index (Phi) is 38.1. The summed E-state index contributed by atoms with van der Waals surface area (Å²) in [6.07, 6.45) is 3.38. The van der Waals surface area contributed by atoms with Crippen molar-refractivity contribution in [2.75, 3.05) is 11.9 Å². The van der Waals surface area contributed by atoms with Crippen LogP contribution in [0.4, 0.5) is 22.7 Å². The molecule has 0 atom stereocenters. The molecule has 0 amide bonds. The van der Waals surface area contributed by atoms with Crippen molar-refractivity contribution in [1.82, 2.24) is 71.0 Å². The number of ketones is 7. The number of carbonyl (C=O) groups is 8. The van der Waals surface area contributed by atoms with Crippen molar-refractivity contribution < 1.29 is 94.4 Å². The molecule has 13 rings (SSSR count). The van der Waals surface area contributed by atoms with Crippen LogP contribution in [0.15, 0.2) is 171 Å². The van der Waals surface area contributed by atoms with E-state index < -0.39 is 36.9 Å². The number of Topliss-reactive ketones (excluding diaryl/α,β-unsaturated/α-hetero) is 7. The summed E-state index contributed by atoms with van der Waals surface area (Å²) in [7, 11) is 0. The van der Waals surface area contributed by atoms with Crippen molar-refractivity contribution in [3.63, 3.8) is 0 Å². The Bertz CT molecular complexity index is 5940. The summed E-state index contributed by atoms with van der Waals surface area (Å²) in [4.78, 5) is 159. The number of halogens is 3. The van der Waals surface area contributed by atoms with E-state index in [2.05, 4.69) is 98.6 Å². The van der Waals surface area contributed by atoms with E-state index in [0.29, 0.717) is 74.1 Å². The molecule has 129 heavy (non-hydrogen) atoms. The minimum absolute atomic E-state index is 0.00130. The number of alkyl halides is 1. The monoisotopic (exact) mass is 1880 g/mol. The van der Waals surface area contributed by atoms with Crippen LogP contribution in [0.3, 0.4) is 0 Å². The molecule has 0 aliphatic heterocycles. The van der Waals surface area contributed by atoms with Gasteiger partial charge in [0, 0.05) is 104 Å². The highest BCUT2D eigenvalue weighted by atomic mass is 79.9. The number of aryl methyl sites for hydroxylation is 2. The van der Waals surface area contributed by atoms with Gasteiger partial charge in [-0.3, -0.25) is 74.0 Å². The van der Waals surface area contributed by atoms with Gasteiger partial charge in [-0.2, -0.15) is 34.9 Å². The van der Waals surface area contributed by atoms with Gasteiger partial charge in [0.1, 0.15) is 28.9 Å². The zero-order valence-corrected chi connectivity index (χ0v) is 74.3. The van der Waals surface area contributed by atoms with Crippen molar-refractivity contribution in [2.45, 2.75) is 147 Å². The van der Waals surface area contributed by atoms with Crippen LogP contribution in [0.1, 0.15) is 142 Å². The summed E-state index contributed by atoms with van der Waals surface area (Å²) in [5.41, 5.74) is 3.93. The number of ether oxygens (including phenoxy) is 1. The Morgan fingerprint density at radius 1 is 0.395 bits per heavy atom. The van der Waals surface area contributed by atoms with Gasteiger partial charge in [0.15, 0.2) is 11.6 Å². The molecule has 0 unspecified atom stereocenters. The van der Waals surface area contributed by atoms with E-state index in [9.17, 15) is 78.8 Å². The molecule has 13 aromatic rings. The van der Waals surface area contributed by atoms with Gasteiger partial charge < -0.3 is 36.4 Å². The maximum Gasteiger partial charge on any atom is 0.375 e. The number of non-ortho nitro benzene ring substituents is 4. The molecule has 45 heteroatoms. The lowest BCUT2D eigenvalue weighted by molar-refractivity contribution is -0.385. The fourth-order valence-electron chi connectivity index (χ4n) is 9.83. The smallest absolute Gasteiger partial charge is 0.375 e. The number of unbranched alkanes of at least 4 members (excludes halogenated alkanes) is 1. The van der Waals surface area contributed by atoms with Crippen molar-refractivity contribution >= 4 is 108 Å². The fraction of sp³-hybridized carbons (Fsp3) is 0.310. The molecule has 0 N–H and O–H groups in total. The number of esters is 1. The first-order valence-corrected chi connectivity index (χ1v) is 40.6. The Balaban J connectivity index is 0.000000207. The molecule has 6 aromatic carbocycles. The number of hydrogen-bond acceptors (Lipinski definition) is 38. The fourth-order valence-corrected chi connectivity index (χ4v) is 10.4. The van der Waals surface area contributed by atoms with Crippen LogP contribution < -0.4 is 0 Å². The number of benzene rings is 6. The molecular formula is C84H83BrCl2N18O24. The highest BCUT2D eigenvalue weighted by molar-refractivity contribution is 9.09. The summed E-state index contributed by atoms with van der Waals surface area (Å²) < 4.78 is 39.3. The van der Waals surface area contributed by atoms with Crippen LogP contribution in [0, 0.1) is 58.2 Å². The second-order valence-corrected chi connectivity index (χ2v) is 30.9. The van der Waals surface area contributed by atoms with Gasteiger partial charge in [0.05, 0.1) is 81.6 Å². The van der Waals surface area contributed by atoms with E-state index >= 15 is 0 Å². The van der Waals surface area contributed by atoms with Gasteiger partial charge in [-0.1, -0.05) is 160 Å². The SMILES string of the molecule is CC(=O)Cc1nc(-c2ccc(C)cc2)no1.CC(=O)Cc1nc(-c2ccc(Cl)cc2)no1.CC(=O)Cc1nc(-c2ccc([N+](=O)[O-])cc2Cl)no1.CC(C)(C)C(=O)Cc1nc(-c2ccc([N+](=O)[O-])cc2)no1.CCCCc1noc(CC(=O)C(C)(C)C)n1.CCOC(=O)C(=O)Cc1nc(-c2ccc([N+](=O)[O-])cc2)no1.O=C(CBr)Cc1nc(-c2ccc([N+](=O)[O-])cc2)no1. The third-order valence-electron chi connectivity index (χ3n) is 16.7. The lowest BCUT2D eigenvalue weighted by Gasteiger charge is -2.14. The van der Waals surface area contributed by atoms with Crippen molar-refractivity contribution in [2.24, 2.45) is 10.8 Å². The van der Waals surface area contributed by atoms with E-state index in [0.717, 1.165) is 30.4 Å². The number of nitrogens with zero attached hydrogens (tertiary/aromatic N) is 18. The van der Waals surface area contributed by atoms with Gasteiger partial charge in [0.2, 0.25) is 82.0 Å². The molecular weight excluding hydrogens is 1800 g/mol. The first-order valence-electron chi connectivity index (χ1n) is 38.7. The predicted molar refractivity (Wildman–Crippen MR) is 460 cm³/mol. The highest BCUT2D eigenvalue weighted by Gasteiger charge is 2.27. The van der Waals surface area contributed by atoms with E-state index in [1.54, 1.807) is 43.3 Å². The third kappa shape index (κ3) is 33.5. The van der Waals surface area contributed by atoms with Crippen molar-refractivity contribution in [3.8, 4) is 68.3 Å². The van der Waals surface area contributed by atoms with Gasteiger partial charge in [0.25, 0.3) is 22.7 Å². The molecule has 7 heterocycles. The third-order valence-corrected chi connectivity index (χ3v) is 17.9. The topological polar surface area (TPSA) is 591 Å². The molecule has 0 aliphatic rings. The van der Waals surface area contributed by atoms with Crippen LogP contribution in [-0.2, 0) is 94.5 Å². The molecule has 0 spiro atoms. The number of carbonyl (C=O) groups excluding carboxylic acids is 8. The quantitative estimate of drug-likeness (QED) is 0.0133. The largest absolute Gasteiger partial charge is 0.460 e. The molecule has 0 radical (unpaired) electrons. The van der Waals surface area contributed by atoms with Gasteiger partial charge in [-0.15, -0.1) is 0 Å². The number of aromatic nitrogens is 14. The molecule has 0 bridgehead atoms. The molecule has 0 saturated heterocycles. The van der Waals surface area contributed by atoms with Crippen LogP contribution in [0.2, 0.25) is 10.0 Å². The second-order valence-electron chi connectivity index (χ2n) is 29.5. The Morgan fingerprint density at radius 2 is 0.698 bits per heavy atom. The molecule has 42 nitrogen and oxygen atoms in total. The zero-order valence-electron chi connectivity index (χ0n) is 71.2. The maximum atomic E-state index is 11.9. The summed E-state index contributed by atoms with van der Waals surface area (Å²) in [5.74, 6) is 2.59. The first kappa shape index (κ1) is 101. The number of nitro benzene ring substituents is 4. The first-order chi connectivity index (χ1) is 61.1. The molecule has 0 saturated carbocycles. The average Bonchev–Trinajstić information content (AvgIpc) is 1.74. The van der Waals surface area contributed by atoms with Crippen LogP contribution in [0.25, 0.3) is 68.3 Å². The van der Waals surface area contributed by atoms with E-state index in [-0.39, 0.29) is 160 Å².